The van der Waals surface area contributed by atoms with Gasteiger partial charge in [0.1, 0.15) is 0 Å². The van der Waals surface area contributed by atoms with Crippen LogP contribution in [0.3, 0.4) is 0 Å². The van der Waals surface area contributed by atoms with Crippen molar-refractivity contribution in [1.29, 1.82) is 0 Å². The summed E-state index contributed by atoms with van der Waals surface area (Å²) in [5.41, 5.74) is 1.66. The number of benzene rings is 2. The van der Waals surface area contributed by atoms with Crippen LogP contribution in [0.1, 0.15) is 37.4 Å². The molecule has 2 aromatic rings. The number of nitrogens with one attached hydrogen (secondary N) is 1. The molecular formula is C18H21F2N. The molecular weight excluding hydrogens is 268 g/mol. The van der Waals surface area contributed by atoms with Crippen molar-refractivity contribution < 1.29 is 8.78 Å². The van der Waals surface area contributed by atoms with Crippen molar-refractivity contribution in [3.05, 3.63) is 71.3 Å². The maximum atomic E-state index is 13.7. The molecule has 0 saturated heterocycles. The predicted molar refractivity (Wildman–Crippen MR) is 82.1 cm³/mol. The van der Waals surface area contributed by atoms with E-state index in [-0.39, 0.29) is 12.1 Å². The van der Waals surface area contributed by atoms with Crippen LogP contribution in [-0.2, 0) is 6.42 Å². The molecule has 2 unspecified atom stereocenters. The Hall–Kier alpha value is -1.74. The van der Waals surface area contributed by atoms with Gasteiger partial charge in [0.05, 0.1) is 0 Å². The van der Waals surface area contributed by atoms with Gasteiger partial charge in [-0.25, -0.2) is 8.78 Å². The van der Waals surface area contributed by atoms with Crippen LogP contribution in [0, 0.1) is 11.6 Å². The van der Waals surface area contributed by atoms with Crippen molar-refractivity contribution in [2.45, 2.75) is 38.8 Å². The van der Waals surface area contributed by atoms with Crippen molar-refractivity contribution in [2.75, 3.05) is 0 Å². The van der Waals surface area contributed by atoms with Crippen molar-refractivity contribution in [3.8, 4) is 0 Å². The lowest BCUT2D eigenvalue weighted by Crippen LogP contribution is -2.30. The number of hydrogen-bond donors (Lipinski definition) is 1. The van der Waals surface area contributed by atoms with E-state index in [4.69, 9.17) is 0 Å². The standard InChI is InChI=1S/C18H21F2N/c1-13(11-12-15-7-4-3-5-8-15)21-14(2)16-9-6-10-17(19)18(16)20/h3-10,13-14,21H,11-12H2,1-2H3. The second-order valence-electron chi connectivity index (χ2n) is 5.46. The molecule has 112 valence electrons. The number of aryl methyl sites for hydroxylation is 1. The lowest BCUT2D eigenvalue weighted by molar-refractivity contribution is 0.429. The molecule has 0 spiro atoms. The van der Waals surface area contributed by atoms with E-state index in [1.807, 2.05) is 25.1 Å². The van der Waals surface area contributed by atoms with Crippen LogP contribution in [0.15, 0.2) is 48.5 Å². The van der Waals surface area contributed by atoms with Crippen LogP contribution in [-0.4, -0.2) is 6.04 Å². The van der Waals surface area contributed by atoms with Gasteiger partial charge in [0.25, 0.3) is 0 Å². The van der Waals surface area contributed by atoms with Gasteiger partial charge in [-0.1, -0.05) is 42.5 Å². The molecule has 2 rings (SSSR count). The van der Waals surface area contributed by atoms with Gasteiger partial charge in [-0.3, -0.25) is 0 Å². The van der Waals surface area contributed by atoms with E-state index in [9.17, 15) is 8.78 Å². The molecule has 0 saturated carbocycles. The lowest BCUT2D eigenvalue weighted by atomic mass is 10.0. The Morgan fingerprint density at radius 3 is 2.38 bits per heavy atom. The largest absolute Gasteiger partial charge is 0.308 e. The summed E-state index contributed by atoms with van der Waals surface area (Å²) >= 11 is 0. The fraction of sp³-hybridized carbons (Fsp3) is 0.333. The number of halogens is 2. The number of hydrogen-bond acceptors (Lipinski definition) is 1. The van der Waals surface area contributed by atoms with E-state index in [1.54, 1.807) is 12.1 Å². The Morgan fingerprint density at radius 1 is 0.952 bits per heavy atom. The molecule has 0 radical (unpaired) electrons. The highest BCUT2D eigenvalue weighted by molar-refractivity contribution is 5.22. The predicted octanol–water partition coefficient (Wildman–Crippen LogP) is 4.64. The minimum absolute atomic E-state index is 0.216. The van der Waals surface area contributed by atoms with E-state index in [1.165, 1.54) is 5.56 Å². The minimum atomic E-state index is -0.793. The van der Waals surface area contributed by atoms with Gasteiger partial charge >= 0.3 is 0 Å². The van der Waals surface area contributed by atoms with Crippen molar-refractivity contribution in [2.24, 2.45) is 0 Å². The highest BCUT2D eigenvalue weighted by Gasteiger charge is 2.15. The first-order valence-corrected chi connectivity index (χ1v) is 7.32. The average Bonchev–Trinajstić information content (AvgIpc) is 2.49. The molecule has 3 heteroatoms. The van der Waals surface area contributed by atoms with Gasteiger partial charge in [0.15, 0.2) is 11.6 Å². The highest BCUT2D eigenvalue weighted by atomic mass is 19.2. The molecule has 1 N–H and O–H groups in total. The molecule has 2 aromatic carbocycles. The van der Waals surface area contributed by atoms with Crippen LogP contribution in [0.2, 0.25) is 0 Å². The second kappa shape index (κ2) is 7.32. The summed E-state index contributed by atoms with van der Waals surface area (Å²) in [7, 11) is 0. The molecule has 1 nitrogen and oxygen atoms in total. The second-order valence-corrected chi connectivity index (χ2v) is 5.46. The van der Waals surface area contributed by atoms with Gasteiger partial charge in [0, 0.05) is 17.6 Å². The van der Waals surface area contributed by atoms with Gasteiger partial charge in [-0.15, -0.1) is 0 Å². The van der Waals surface area contributed by atoms with Crippen molar-refractivity contribution in [1.82, 2.24) is 5.32 Å². The molecule has 0 aliphatic rings. The van der Waals surface area contributed by atoms with Crippen LogP contribution < -0.4 is 5.32 Å². The van der Waals surface area contributed by atoms with Gasteiger partial charge < -0.3 is 5.32 Å². The van der Waals surface area contributed by atoms with Crippen LogP contribution >= 0.6 is 0 Å². The third-order valence-electron chi connectivity index (χ3n) is 3.69. The first-order chi connectivity index (χ1) is 10.1. The smallest absolute Gasteiger partial charge is 0.163 e. The summed E-state index contributed by atoms with van der Waals surface area (Å²) in [6.07, 6.45) is 1.92. The summed E-state index contributed by atoms with van der Waals surface area (Å²) in [4.78, 5) is 0. The van der Waals surface area contributed by atoms with Gasteiger partial charge in [-0.05, 0) is 38.3 Å². The van der Waals surface area contributed by atoms with Gasteiger partial charge in [-0.2, -0.15) is 0 Å². The zero-order chi connectivity index (χ0) is 15.2. The molecule has 0 amide bonds. The normalized spacial score (nSPS) is 13.9. The molecule has 0 heterocycles. The fourth-order valence-corrected chi connectivity index (χ4v) is 2.48. The first-order valence-electron chi connectivity index (χ1n) is 7.32. The Morgan fingerprint density at radius 2 is 1.67 bits per heavy atom. The fourth-order valence-electron chi connectivity index (χ4n) is 2.48. The minimum Gasteiger partial charge on any atom is -0.308 e. The molecule has 0 fully saturated rings. The maximum Gasteiger partial charge on any atom is 0.163 e. The van der Waals surface area contributed by atoms with E-state index in [0.29, 0.717) is 5.56 Å². The zero-order valence-corrected chi connectivity index (χ0v) is 12.4. The first kappa shape index (κ1) is 15.6. The Kier molecular flexibility index (Phi) is 5.45. The van der Waals surface area contributed by atoms with E-state index in [0.717, 1.165) is 18.9 Å². The highest BCUT2D eigenvalue weighted by Crippen LogP contribution is 2.20. The quantitative estimate of drug-likeness (QED) is 0.817. The SMILES string of the molecule is CC(CCc1ccccc1)NC(C)c1cccc(F)c1F. The van der Waals surface area contributed by atoms with Crippen LogP contribution in [0.4, 0.5) is 8.78 Å². The molecule has 0 aliphatic heterocycles. The molecule has 0 aromatic heterocycles. The van der Waals surface area contributed by atoms with Crippen molar-refractivity contribution >= 4 is 0 Å². The number of rotatable bonds is 6. The van der Waals surface area contributed by atoms with Gasteiger partial charge in [0.2, 0.25) is 0 Å². The van der Waals surface area contributed by atoms with Crippen LogP contribution in [0.5, 0.6) is 0 Å². The van der Waals surface area contributed by atoms with Crippen LogP contribution in [0.25, 0.3) is 0 Å². The Bertz CT molecular complexity index is 569. The summed E-state index contributed by atoms with van der Waals surface area (Å²) in [5, 5.41) is 3.33. The molecule has 0 aliphatic carbocycles. The summed E-state index contributed by atoms with van der Waals surface area (Å²) in [6, 6.07) is 14.6. The summed E-state index contributed by atoms with van der Waals surface area (Å²) in [5.74, 6) is -1.55. The summed E-state index contributed by atoms with van der Waals surface area (Å²) in [6.45, 7) is 3.92. The topological polar surface area (TPSA) is 12.0 Å². The molecule has 0 bridgehead atoms. The maximum absolute atomic E-state index is 13.7. The van der Waals surface area contributed by atoms with E-state index < -0.39 is 11.6 Å². The monoisotopic (exact) mass is 289 g/mol. The van der Waals surface area contributed by atoms with E-state index >= 15 is 0 Å². The third kappa shape index (κ3) is 4.36. The Labute approximate surface area is 125 Å². The lowest BCUT2D eigenvalue weighted by Gasteiger charge is -2.21. The van der Waals surface area contributed by atoms with E-state index in [2.05, 4.69) is 24.4 Å². The molecule has 2 atom stereocenters. The average molecular weight is 289 g/mol. The third-order valence-corrected chi connectivity index (χ3v) is 3.69. The van der Waals surface area contributed by atoms with Crippen molar-refractivity contribution in [3.63, 3.8) is 0 Å². The Balaban J connectivity index is 1.90. The zero-order valence-electron chi connectivity index (χ0n) is 12.4. The summed E-state index contributed by atoms with van der Waals surface area (Å²) < 4.78 is 27.0. The molecule has 21 heavy (non-hydrogen) atoms.